The lowest BCUT2D eigenvalue weighted by molar-refractivity contribution is -0.111. The van der Waals surface area contributed by atoms with Crippen LogP contribution in [0.3, 0.4) is 0 Å². The molecule has 1 fully saturated rings. The van der Waals surface area contributed by atoms with Crippen molar-refractivity contribution in [1.29, 1.82) is 0 Å². The average molecular weight is 526 g/mol. The highest BCUT2D eigenvalue weighted by atomic mass is 32.1. The molecular weight excluding hydrogens is 494 g/mol. The molecule has 0 aliphatic carbocycles. The van der Waals surface area contributed by atoms with Gasteiger partial charge < -0.3 is 20.9 Å². The zero-order valence-electron chi connectivity index (χ0n) is 21.6. The Balaban J connectivity index is 1.41. The van der Waals surface area contributed by atoms with E-state index in [0.29, 0.717) is 17.3 Å². The van der Waals surface area contributed by atoms with Gasteiger partial charge in [0, 0.05) is 39.3 Å². The Morgan fingerprint density at radius 3 is 2.79 bits per heavy atom. The number of anilines is 2. The fraction of sp³-hybridized carbons (Fsp3) is 0.300. The molecule has 3 N–H and O–H groups in total. The Hall–Kier alpha value is -3.75. The summed E-state index contributed by atoms with van der Waals surface area (Å²) in [7, 11) is 2.15. The lowest BCUT2D eigenvalue weighted by Gasteiger charge is -2.30. The van der Waals surface area contributed by atoms with E-state index in [1.165, 1.54) is 23.0 Å². The summed E-state index contributed by atoms with van der Waals surface area (Å²) in [5, 5.41) is 11.6. The van der Waals surface area contributed by atoms with E-state index in [-0.39, 0.29) is 17.9 Å². The highest BCUT2D eigenvalue weighted by molar-refractivity contribution is 7.21. The number of rotatable bonds is 4. The number of amides is 2. The fourth-order valence-corrected chi connectivity index (χ4v) is 6.67. The Labute approximate surface area is 225 Å². The van der Waals surface area contributed by atoms with Crippen molar-refractivity contribution in [3.05, 3.63) is 65.6 Å². The molecule has 0 unspecified atom stereocenters. The van der Waals surface area contributed by atoms with E-state index in [2.05, 4.69) is 52.7 Å². The molecule has 2 aromatic heterocycles. The van der Waals surface area contributed by atoms with Crippen molar-refractivity contribution in [2.75, 3.05) is 37.3 Å². The Kier molecular flexibility index (Phi) is 6.37. The molecule has 8 heteroatoms. The minimum atomic E-state index is -0.214. The monoisotopic (exact) mass is 525 g/mol. The molecule has 4 heterocycles. The van der Waals surface area contributed by atoms with E-state index in [0.717, 1.165) is 69.6 Å². The summed E-state index contributed by atoms with van der Waals surface area (Å²) >= 11 is 1.51. The largest absolute Gasteiger partial charge is 0.381 e. The molecule has 6 rings (SSSR count). The molecule has 1 atom stereocenters. The predicted octanol–water partition coefficient (Wildman–Crippen LogP) is 5.59. The Bertz CT molecular complexity index is 1580. The van der Waals surface area contributed by atoms with Gasteiger partial charge in [-0.2, -0.15) is 0 Å². The maximum atomic E-state index is 12.8. The number of benzene rings is 2. The van der Waals surface area contributed by atoms with Crippen molar-refractivity contribution in [3.63, 3.8) is 0 Å². The zero-order chi connectivity index (χ0) is 26.4. The van der Waals surface area contributed by atoms with Crippen LogP contribution in [-0.2, 0) is 4.79 Å². The number of hydrogen-bond acceptors (Lipinski definition) is 6. The number of thiophene rings is 1. The van der Waals surface area contributed by atoms with Crippen molar-refractivity contribution in [2.24, 2.45) is 0 Å². The van der Waals surface area contributed by atoms with Crippen molar-refractivity contribution < 1.29 is 9.59 Å². The van der Waals surface area contributed by atoms with Crippen molar-refractivity contribution >= 4 is 55.5 Å². The fourth-order valence-electron chi connectivity index (χ4n) is 5.57. The number of hydrogen-bond donors (Lipinski definition) is 3. The number of fused-ring (bicyclic) bond motifs is 5. The summed E-state index contributed by atoms with van der Waals surface area (Å²) in [4.78, 5) is 33.1. The topological polar surface area (TPSA) is 86.4 Å². The second kappa shape index (κ2) is 9.85. The van der Waals surface area contributed by atoms with Gasteiger partial charge in [0.05, 0.1) is 16.9 Å². The second-order valence-corrected chi connectivity index (χ2v) is 11.4. The van der Waals surface area contributed by atoms with Gasteiger partial charge in [-0.3, -0.25) is 9.59 Å². The molecule has 2 aromatic carbocycles. The first-order valence-electron chi connectivity index (χ1n) is 13.1. The molecule has 4 aromatic rings. The van der Waals surface area contributed by atoms with Gasteiger partial charge in [-0.05, 0) is 87.8 Å². The maximum Gasteiger partial charge on any atom is 0.263 e. The third-order valence-electron chi connectivity index (χ3n) is 7.64. The summed E-state index contributed by atoms with van der Waals surface area (Å²) in [6, 6.07) is 14.5. The van der Waals surface area contributed by atoms with Crippen molar-refractivity contribution in [2.45, 2.75) is 31.7 Å². The molecule has 2 amide bonds. The van der Waals surface area contributed by atoms with Crippen LogP contribution in [0.1, 0.15) is 40.9 Å². The zero-order valence-corrected chi connectivity index (χ0v) is 22.5. The highest BCUT2D eigenvalue weighted by Gasteiger charge is 2.25. The van der Waals surface area contributed by atoms with E-state index >= 15 is 0 Å². The van der Waals surface area contributed by atoms with Gasteiger partial charge in [0.15, 0.2) is 0 Å². The quantitative estimate of drug-likeness (QED) is 0.302. The predicted molar refractivity (Wildman–Crippen MR) is 156 cm³/mol. The van der Waals surface area contributed by atoms with Crippen molar-refractivity contribution in [1.82, 2.24) is 15.2 Å². The first-order valence-corrected chi connectivity index (χ1v) is 13.9. The molecule has 0 spiro atoms. The van der Waals surface area contributed by atoms with Crippen LogP contribution in [0.15, 0.2) is 55.1 Å². The first kappa shape index (κ1) is 24.6. The molecule has 7 nitrogen and oxygen atoms in total. The smallest absolute Gasteiger partial charge is 0.263 e. The maximum absolute atomic E-state index is 12.8. The van der Waals surface area contributed by atoms with Crippen molar-refractivity contribution in [3.8, 4) is 11.3 Å². The molecular formula is C30H31N5O2S. The van der Waals surface area contributed by atoms with Crippen LogP contribution in [0, 0.1) is 0 Å². The molecule has 0 bridgehead atoms. The standard InChI is InChI=1S/C30H31N5O2S/c1-4-26(36)34-24-15-19(5-6-20(24)18-11-13-35(3)14-12-18)22-8-7-21-23(33-22)9-10-25-27(21)28-29(38-25)30(37)32-17(2)16-31-28/h4-10,15,17-18,31H,1,11-14,16H2,2-3H3,(H,32,37)(H,34,36)/t17-/m1/s1. The first-order chi connectivity index (χ1) is 18.4. The summed E-state index contributed by atoms with van der Waals surface area (Å²) < 4.78 is 1.06. The van der Waals surface area contributed by atoms with Crippen LogP contribution in [-0.4, -0.2) is 54.4 Å². The van der Waals surface area contributed by atoms with E-state index in [1.54, 1.807) is 0 Å². The van der Waals surface area contributed by atoms with Gasteiger partial charge in [-0.15, -0.1) is 11.3 Å². The summed E-state index contributed by atoms with van der Waals surface area (Å²) in [6.45, 7) is 8.39. The van der Waals surface area contributed by atoms with Gasteiger partial charge in [-0.25, -0.2) is 4.98 Å². The van der Waals surface area contributed by atoms with Crippen LogP contribution in [0.5, 0.6) is 0 Å². The summed E-state index contributed by atoms with van der Waals surface area (Å²) in [6.07, 6.45) is 3.43. The van der Waals surface area contributed by atoms with E-state index in [4.69, 9.17) is 4.98 Å². The molecule has 1 saturated heterocycles. The van der Waals surface area contributed by atoms with Crippen LogP contribution in [0.25, 0.3) is 32.2 Å². The molecule has 0 radical (unpaired) electrons. The molecule has 194 valence electrons. The average Bonchev–Trinajstić information content (AvgIpc) is 3.25. The third-order valence-corrected chi connectivity index (χ3v) is 8.80. The Morgan fingerprint density at radius 1 is 1.18 bits per heavy atom. The molecule has 2 aliphatic rings. The SMILES string of the molecule is C=CC(=O)Nc1cc(-c2ccc3c(ccc4sc5c(c43)NC[C@@H](C)NC5=O)n2)ccc1C1CCN(C)CC1. The van der Waals surface area contributed by atoms with Gasteiger partial charge >= 0.3 is 0 Å². The highest BCUT2D eigenvalue weighted by Crippen LogP contribution is 2.42. The molecule has 38 heavy (non-hydrogen) atoms. The summed E-state index contributed by atoms with van der Waals surface area (Å²) in [5.41, 5.74) is 5.53. The number of nitrogens with one attached hydrogen (secondary N) is 3. The normalized spacial score (nSPS) is 18.5. The Morgan fingerprint density at radius 2 is 2.00 bits per heavy atom. The van der Waals surface area contributed by atoms with Gasteiger partial charge in [0.1, 0.15) is 4.88 Å². The number of carbonyl (C=O) groups excluding carboxylic acids is 2. The van der Waals surface area contributed by atoms with E-state index in [9.17, 15) is 9.59 Å². The van der Waals surface area contributed by atoms with Gasteiger partial charge in [-0.1, -0.05) is 18.7 Å². The minimum Gasteiger partial charge on any atom is -0.381 e. The number of aromatic nitrogens is 1. The summed E-state index contributed by atoms with van der Waals surface area (Å²) in [5.74, 6) is 0.156. The second-order valence-electron chi connectivity index (χ2n) is 10.3. The molecule has 0 saturated carbocycles. The number of pyridine rings is 1. The number of likely N-dealkylation sites (tertiary alicyclic amines) is 1. The van der Waals surface area contributed by atoms with E-state index < -0.39 is 0 Å². The lowest BCUT2D eigenvalue weighted by atomic mass is 9.87. The van der Waals surface area contributed by atoms with E-state index in [1.807, 2.05) is 31.2 Å². The number of piperidine rings is 1. The van der Waals surface area contributed by atoms with Crippen LogP contribution < -0.4 is 16.0 Å². The minimum absolute atomic E-state index is 0.0322. The van der Waals surface area contributed by atoms with Gasteiger partial charge in [0.2, 0.25) is 5.91 Å². The molecule has 2 aliphatic heterocycles. The number of nitrogens with zero attached hydrogens (tertiary/aromatic N) is 2. The third kappa shape index (κ3) is 4.44. The van der Waals surface area contributed by atoms with Gasteiger partial charge in [0.25, 0.3) is 5.91 Å². The number of carbonyl (C=O) groups is 2. The van der Waals surface area contributed by atoms with Crippen LogP contribution >= 0.6 is 11.3 Å². The lowest BCUT2D eigenvalue weighted by Crippen LogP contribution is -2.34. The van der Waals surface area contributed by atoms with Crippen LogP contribution in [0.2, 0.25) is 0 Å². The van der Waals surface area contributed by atoms with Crippen LogP contribution in [0.4, 0.5) is 11.4 Å².